The van der Waals surface area contributed by atoms with Crippen molar-refractivity contribution in [2.75, 3.05) is 18.2 Å². The van der Waals surface area contributed by atoms with Gasteiger partial charge in [0.1, 0.15) is 28.9 Å². The first kappa shape index (κ1) is 18.8. The molecule has 0 atom stereocenters. The van der Waals surface area contributed by atoms with Crippen molar-refractivity contribution in [3.63, 3.8) is 0 Å². The summed E-state index contributed by atoms with van der Waals surface area (Å²) in [6.45, 7) is 6.65. The second-order valence-corrected chi connectivity index (χ2v) is 6.08. The fourth-order valence-corrected chi connectivity index (χ4v) is 2.73. The Labute approximate surface area is 153 Å². The third-order valence-electron chi connectivity index (χ3n) is 3.86. The molecule has 0 bridgehead atoms. The molecule has 1 aromatic rings. The highest BCUT2D eigenvalue weighted by molar-refractivity contribution is 6.08. The third-order valence-corrected chi connectivity index (χ3v) is 3.86. The molecule has 2 aliphatic rings. The number of para-hydroxylation sites is 2. The van der Waals surface area contributed by atoms with Crippen LogP contribution in [0.4, 0.5) is 5.69 Å². The van der Waals surface area contributed by atoms with Gasteiger partial charge in [-0.2, -0.15) is 10.4 Å². The maximum absolute atomic E-state index is 9.63. The molecule has 2 heterocycles. The summed E-state index contributed by atoms with van der Waals surface area (Å²) >= 11 is 0. The van der Waals surface area contributed by atoms with Crippen LogP contribution in [0.25, 0.3) is 0 Å². The maximum Gasteiger partial charge on any atom is 0.145 e. The van der Waals surface area contributed by atoms with E-state index in [-0.39, 0.29) is 18.2 Å². The summed E-state index contributed by atoms with van der Waals surface area (Å²) < 4.78 is 11.4. The van der Waals surface area contributed by atoms with E-state index in [0.29, 0.717) is 35.9 Å². The van der Waals surface area contributed by atoms with Gasteiger partial charge in [0.2, 0.25) is 0 Å². The first-order valence-electron chi connectivity index (χ1n) is 7.83. The molecule has 0 aromatic heterocycles. The van der Waals surface area contributed by atoms with Crippen LogP contribution in [0.1, 0.15) is 20.8 Å². The van der Waals surface area contributed by atoms with Crippen LogP contribution in [0.3, 0.4) is 0 Å². The quantitative estimate of drug-likeness (QED) is 0.895. The highest BCUT2D eigenvalue weighted by Gasteiger charge is 2.33. The van der Waals surface area contributed by atoms with E-state index < -0.39 is 5.60 Å². The zero-order chi connectivity index (χ0) is 17.3. The van der Waals surface area contributed by atoms with Gasteiger partial charge >= 0.3 is 0 Å². The Bertz CT molecular complexity index is 806. The summed E-state index contributed by atoms with van der Waals surface area (Å²) in [5.74, 6) is 0.950. The van der Waals surface area contributed by atoms with Crippen molar-refractivity contribution in [3.05, 3.63) is 47.3 Å². The molecule has 0 aliphatic carbocycles. The molecular weight excluding hydrogens is 340 g/mol. The van der Waals surface area contributed by atoms with Gasteiger partial charge in [0.25, 0.3) is 0 Å². The second kappa shape index (κ2) is 7.18. The Morgan fingerprint density at radius 1 is 1.40 bits per heavy atom. The van der Waals surface area contributed by atoms with Crippen molar-refractivity contribution in [2.45, 2.75) is 26.4 Å². The van der Waals surface area contributed by atoms with Gasteiger partial charge in [0.15, 0.2) is 0 Å². The number of anilines is 1. The normalized spacial score (nSPS) is 18.4. The molecule has 25 heavy (non-hydrogen) atoms. The number of hydrogen-bond acceptors (Lipinski definition) is 6. The lowest BCUT2D eigenvalue weighted by Gasteiger charge is -2.34. The molecule has 0 saturated heterocycles. The average Bonchev–Trinajstić information content (AvgIpc) is 2.55. The van der Waals surface area contributed by atoms with Crippen molar-refractivity contribution < 1.29 is 9.47 Å². The van der Waals surface area contributed by atoms with Crippen molar-refractivity contribution in [1.82, 2.24) is 0 Å². The van der Waals surface area contributed by atoms with Gasteiger partial charge in [-0.05, 0) is 39.0 Å². The number of hydrogen-bond donors (Lipinski definition) is 1. The minimum absolute atomic E-state index is 0. The minimum atomic E-state index is -0.456. The molecule has 1 aromatic carbocycles. The lowest BCUT2D eigenvalue weighted by molar-refractivity contribution is 0.0409. The molecular formula is C18H21ClN4O2. The van der Waals surface area contributed by atoms with Crippen LogP contribution in [0, 0.1) is 11.3 Å². The molecule has 2 N–H and O–H groups in total. The molecule has 7 heteroatoms. The number of hydrazone groups is 1. The molecule has 132 valence electrons. The Balaban J connectivity index is 0.00000225. The van der Waals surface area contributed by atoms with Gasteiger partial charge in [0, 0.05) is 5.57 Å². The zero-order valence-corrected chi connectivity index (χ0v) is 15.3. The van der Waals surface area contributed by atoms with Crippen LogP contribution in [-0.4, -0.2) is 24.5 Å². The summed E-state index contributed by atoms with van der Waals surface area (Å²) in [7, 11) is 0. The molecule has 0 unspecified atom stereocenters. The van der Waals surface area contributed by atoms with Crippen molar-refractivity contribution in [2.24, 2.45) is 10.8 Å². The maximum atomic E-state index is 9.63. The largest absolute Gasteiger partial charge is 0.492 e. The van der Waals surface area contributed by atoms with Crippen LogP contribution in [0.2, 0.25) is 0 Å². The molecule has 0 fully saturated rings. The number of halogens is 1. The fourth-order valence-electron chi connectivity index (χ4n) is 2.73. The number of benzene rings is 1. The molecule has 0 radical (unpaired) electrons. The smallest absolute Gasteiger partial charge is 0.145 e. The van der Waals surface area contributed by atoms with E-state index in [4.69, 9.17) is 15.2 Å². The lowest BCUT2D eigenvalue weighted by atomic mass is 9.92. The Morgan fingerprint density at radius 3 is 2.80 bits per heavy atom. The average molecular weight is 361 g/mol. The van der Waals surface area contributed by atoms with E-state index in [1.165, 1.54) is 0 Å². The second-order valence-electron chi connectivity index (χ2n) is 6.08. The predicted octanol–water partition coefficient (Wildman–Crippen LogP) is 3.11. The van der Waals surface area contributed by atoms with Crippen LogP contribution in [-0.2, 0) is 4.74 Å². The highest BCUT2D eigenvalue weighted by Crippen LogP contribution is 2.36. The summed E-state index contributed by atoms with van der Waals surface area (Å²) in [5, 5.41) is 15.8. The van der Waals surface area contributed by atoms with E-state index in [0.717, 1.165) is 5.57 Å². The van der Waals surface area contributed by atoms with Crippen molar-refractivity contribution in [3.8, 4) is 11.8 Å². The van der Waals surface area contributed by atoms with Crippen LogP contribution in [0.5, 0.6) is 5.75 Å². The van der Waals surface area contributed by atoms with E-state index >= 15 is 0 Å². The predicted molar refractivity (Wildman–Crippen MR) is 99.7 cm³/mol. The SMILES string of the molecule is CCOc1ccccc1N1N=C2COC(C)(C)C=C2C(C#N)=C1N.Cl. The topological polar surface area (TPSA) is 83.9 Å². The molecule has 0 spiro atoms. The Morgan fingerprint density at radius 2 is 2.12 bits per heavy atom. The van der Waals surface area contributed by atoms with Gasteiger partial charge in [-0.1, -0.05) is 12.1 Å². The van der Waals surface area contributed by atoms with Crippen molar-refractivity contribution >= 4 is 23.8 Å². The zero-order valence-electron chi connectivity index (χ0n) is 14.4. The molecule has 6 nitrogen and oxygen atoms in total. The Kier molecular flexibility index (Phi) is 5.41. The number of allylic oxidation sites excluding steroid dienone is 1. The summed E-state index contributed by atoms with van der Waals surface area (Å²) in [6, 6.07) is 9.68. The standard InChI is InChI=1S/C18H20N4O2.ClH/c1-4-23-16-8-6-5-7-15(16)22-17(20)13(10-19)12-9-18(2,3)24-11-14(12)21-22;/h5-9H,4,11,20H2,1-3H3;1H. The summed E-state index contributed by atoms with van der Waals surface area (Å²) in [4.78, 5) is 0. The van der Waals surface area contributed by atoms with Crippen LogP contribution in [0.15, 0.2) is 52.4 Å². The van der Waals surface area contributed by atoms with E-state index in [9.17, 15) is 5.26 Å². The van der Waals surface area contributed by atoms with Crippen LogP contribution >= 0.6 is 12.4 Å². The minimum Gasteiger partial charge on any atom is -0.492 e. The van der Waals surface area contributed by atoms with Gasteiger partial charge in [-0.15, -0.1) is 12.4 Å². The van der Waals surface area contributed by atoms with Crippen molar-refractivity contribution in [1.29, 1.82) is 5.26 Å². The number of fused-ring (bicyclic) bond motifs is 1. The van der Waals surface area contributed by atoms with E-state index in [1.807, 2.05) is 51.1 Å². The fraction of sp³-hybridized carbons (Fsp3) is 0.333. The molecule has 2 aliphatic heterocycles. The number of nitriles is 1. The van der Waals surface area contributed by atoms with E-state index in [1.54, 1.807) is 5.01 Å². The van der Waals surface area contributed by atoms with Gasteiger partial charge < -0.3 is 15.2 Å². The number of rotatable bonds is 3. The van der Waals surface area contributed by atoms with Gasteiger partial charge in [0.05, 0.1) is 24.5 Å². The van der Waals surface area contributed by atoms with Gasteiger partial charge in [-0.25, -0.2) is 5.01 Å². The summed E-state index contributed by atoms with van der Waals surface area (Å²) in [5.41, 5.74) is 8.34. The Hall–Kier alpha value is -2.49. The first-order valence-corrected chi connectivity index (χ1v) is 7.83. The lowest BCUT2D eigenvalue weighted by Crippen LogP contribution is -2.39. The summed E-state index contributed by atoms with van der Waals surface area (Å²) in [6.07, 6.45) is 1.90. The number of ether oxygens (including phenoxy) is 2. The first-order chi connectivity index (χ1) is 11.5. The molecule has 3 rings (SSSR count). The van der Waals surface area contributed by atoms with Crippen LogP contribution < -0.4 is 15.5 Å². The number of nitrogens with two attached hydrogens (primary N) is 1. The van der Waals surface area contributed by atoms with Gasteiger partial charge in [-0.3, -0.25) is 0 Å². The molecule has 0 saturated carbocycles. The molecule has 0 amide bonds. The monoisotopic (exact) mass is 360 g/mol. The third kappa shape index (κ3) is 3.48. The number of nitrogens with zero attached hydrogens (tertiary/aromatic N) is 3. The highest BCUT2D eigenvalue weighted by atomic mass is 35.5. The van der Waals surface area contributed by atoms with E-state index in [2.05, 4.69) is 11.2 Å².